The smallest absolute Gasteiger partial charge is 0.480 e. The van der Waals surface area contributed by atoms with E-state index in [1.165, 1.54) is 11.0 Å². The van der Waals surface area contributed by atoms with Crippen LogP contribution in [0.1, 0.15) is 11.1 Å². The van der Waals surface area contributed by atoms with Crippen LogP contribution in [0.15, 0.2) is 18.2 Å². The van der Waals surface area contributed by atoms with Crippen LogP contribution in [0.25, 0.3) is 0 Å². The molecule has 0 spiro atoms. The zero-order chi connectivity index (χ0) is 28.8. The number of hydrogen-bond donors (Lipinski definition) is 2. The van der Waals surface area contributed by atoms with E-state index in [1.807, 2.05) is 4.90 Å². The van der Waals surface area contributed by atoms with E-state index in [-0.39, 0.29) is 26.2 Å². The lowest BCUT2D eigenvalue weighted by Gasteiger charge is -2.32. The number of aliphatic carboxylic acids is 1. The van der Waals surface area contributed by atoms with Crippen molar-refractivity contribution in [1.82, 2.24) is 15.1 Å². The first-order chi connectivity index (χ1) is 18.0. The lowest BCUT2D eigenvalue weighted by molar-refractivity contribution is -0.293. The molecule has 7 nitrogen and oxygen atoms in total. The van der Waals surface area contributed by atoms with E-state index in [1.54, 1.807) is 6.07 Å². The summed E-state index contributed by atoms with van der Waals surface area (Å²) in [7, 11) is 0. The lowest BCUT2D eigenvalue weighted by atomic mass is 9.84. The molecule has 3 fully saturated rings. The second-order valence-corrected chi connectivity index (χ2v) is 10.0. The maximum Gasteiger partial charge on any atom is 0.573 e. The molecular weight excluding hydrogens is 553 g/mol. The summed E-state index contributed by atoms with van der Waals surface area (Å²) >= 11 is 0. The molecule has 0 bridgehead atoms. The van der Waals surface area contributed by atoms with E-state index >= 15 is 0 Å². The second-order valence-electron chi connectivity index (χ2n) is 10.0. The van der Waals surface area contributed by atoms with Crippen molar-refractivity contribution in [2.24, 2.45) is 17.8 Å². The molecule has 0 aromatic heterocycles. The molecule has 1 aromatic carbocycles. The van der Waals surface area contributed by atoms with Gasteiger partial charge in [0.15, 0.2) is 5.92 Å². The summed E-state index contributed by atoms with van der Waals surface area (Å²) in [5.41, 5.74) is 0.754. The average molecular weight is 579 g/mol. The van der Waals surface area contributed by atoms with Crippen molar-refractivity contribution >= 4 is 5.97 Å². The number of halogens is 9. The van der Waals surface area contributed by atoms with Gasteiger partial charge in [-0.05, 0) is 29.2 Å². The lowest BCUT2D eigenvalue weighted by Crippen LogP contribution is -2.53. The molecule has 3 aliphatic rings. The quantitative estimate of drug-likeness (QED) is 0.479. The summed E-state index contributed by atoms with van der Waals surface area (Å²) in [6, 6.07) is 0.0315. The van der Waals surface area contributed by atoms with Crippen molar-refractivity contribution in [3.63, 3.8) is 0 Å². The molecule has 3 heterocycles. The first kappa shape index (κ1) is 29.7. The van der Waals surface area contributed by atoms with Crippen LogP contribution in [0.2, 0.25) is 0 Å². The standard InChI is InChI=1S/C23H26F9N3O4/c24-21(25,26)19(22(27,28)29)17-15-10-35(11-16(15)18(33-17)20(36)37)9-13-5-12(8-34-1-3-38-4-2-34)6-14(7-13)39-23(30,31)32/h5-7,15-19,33H,1-4,8-11H2,(H,36,37). The monoisotopic (exact) mass is 579 g/mol. The third-order valence-electron chi connectivity index (χ3n) is 7.26. The molecule has 4 rings (SSSR count). The maximum atomic E-state index is 13.5. The highest BCUT2D eigenvalue weighted by Gasteiger charge is 2.66. The highest BCUT2D eigenvalue weighted by atomic mass is 19.4. The van der Waals surface area contributed by atoms with Gasteiger partial charge >= 0.3 is 24.7 Å². The molecule has 220 valence electrons. The maximum absolute atomic E-state index is 13.5. The van der Waals surface area contributed by atoms with Gasteiger partial charge in [0.2, 0.25) is 0 Å². The number of alkyl halides is 9. The van der Waals surface area contributed by atoms with Crippen LogP contribution in [0, 0.1) is 17.8 Å². The number of rotatable bonds is 7. The Labute approximate surface area is 216 Å². The van der Waals surface area contributed by atoms with Gasteiger partial charge in [0.1, 0.15) is 11.8 Å². The number of carboxylic acids is 1. The summed E-state index contributed by atoms with van der Waals surface area (Å²) in [6.07, 6.45) is -16.3. The van der Waals surface area contributed by atoms with Crippen LogP contribution in [0.5, 0.6) is 5.75 Å². The van der Waals surface area contributed by atoms with Gasteiger partial charge in [-0.25, -0.2) is 0 Å². The molecule has 4 unspecified atom stereocenters. The number of carbonyl (C=O) groups is 1. The van der Waals surface area contributed by atoms with E-state index in [4.69, 9.17) is 4.74 Å². The summed E-state index contributed by atoms with van der Waals surface area (Å²) < 4.78 is 129. The molecule has 0 amide bonds. The molecule has 16 heteroatoms. The van der Waals surface area contributed by atoms with E-state index < -0.39 is 60.3 Å². The van der Waals surface area contributed by atoms with E-state index in [0.717, 1.165) is 6.07 Å². The molecule has 4 atom stereocenters. The number of nitrogens with zero attached hydrogens (tertiary/aromatic N) is 2. The van der Waals surface area contributed by atoms with Crippen LogP contribution >= 0.6 is 0 Å². The Hall–Kier alpha value is -2.30. The normalized spacial score (nSPS) is 27.2. The third-order valence-corrected chi connectivity index (χ3v) is 7.26. The largest absolute Gasteiger partial charge is 0.573 e. The van der Waals surface area contributed by atoms with Crippen molar-refractivity contribution < 1.29 is 58.9 Å². The Bertz CT molecular complexity index is 1010. The first-order valence-corrected chi connectivity index (χ1v) is 12.0. The van der Waals surface area contributed by atoms with Crippen LogP contribution in [0.3, 0.4) is 0 Å². The number of ether oxygens (including phenoxy) is 2. The molecule has 3 saturated heterocycles. The Kier molecular flexibility index (Phi) is 8.32. The van der Waals surface area contributed by atoms with Gasteiger partial charge in [0.05, 0.1) is 13.2 Å². The molecule has 0 radical (unpaired) electrons. The van der Waals surface area contributed by atoms with Crippen molar-refractivity contribution in [3.05, 3.63) is 29.3 Å². The number of hydrogen-bond acceptors (Lipinski definition) is 6. The number of morpholine rings is 1. The highest BCUT2D eigenvalue weighted by molar-refractivity contribution is 5.74. The average Bonchev–Trinajstić information content (AvgIpc) is 3.30. The Morgan fingerprint density at radius 1 is 0.923 bits per heavy atom. The molecule has 1 aromatic rings. The van der Waals surface area contributed by atoms with Gasteiger partial charge in [-0.15, -0.1) is 13.2 Å². The number of likely N-dealkylation sites (tertiary alicyclic amines) is 1. The molecule has 2 N–H and O–H groups in total. The Morgan fingerprint density at radius 3 is 1.97 bits per heavy atom. The predicted molar refractivity (Wildman–Crippen MR) is 115 cm³/mol. The summed E-state index contributed by atoms with van der Waals surface area (Å²) in [5.74, 6) is -8.24. The number of fused-ring (bicyclic) bond motifs is 1. The highest BCUT2D eigenvalue weighted by Crippen LogP contribution is 2.48. The number of nitrogens with one attached hydrogen (secondary N) is 1. The topological polar surface area (TPSA) is 74.3 Å². The number of benzene rings is 1. The number of carboxylic acid groups (broad SMARTS) is 1. The fourth-order valence-electron chi connectivity index (χ4n) is 5.83. The summed E-state index contributed by atoms with van der Waals surface area (Å²) in [4.78, 5) is 15.1. The van der Waals surface area contributed by atoms with Crippen LogP contribution in [-0.4, -0.2) is 91.1 Å². The van der Waals surface area contributed by atoms with Crippen LogP contribution in [0.4, 0.5) is 39.5 Å². The zero-order valence-corrected chi connectivity index (χ0v) is 20.2. The van der Waals surface area contributed by atoms with Gasteiger partial charge in [-0.2, -0.15) is 26.3 Å². The second kappa shape index (κ2) is 10.9. The first-order valence-electron chi connectivity index (χ1n) is 12.0. The molecule has 0 aliphatic carbocycles. The Balaban J connectivity index is 1.57. The van der Waals surface area contributed by atoms with Gasteiger partial charge in [0, 0.05) is 51.2 Å². The van der Waals surface area contributed by atoms with Crippen LogP contribution < -0.4 is 10.1 Å². The fourth-order valence-corrected chi connectivity index (χ4v) is 5.83. The van der Waals surface area contributed by atoms with Crippen LogP contribution in [-0.2, 0) is 22.6 Å². The minimum atomic E-state index is -5.67. The fraction of sp³-hybridized carbons (Fsp3) is 0.696. The van der Waals surface area contributed by atoms with Gasteiger partial charge in [-0.3, -0.25) is 14.6 Å². The molecule has 0 saturated carbocycles. The summed E-state index contributed by atoms with van der Waals surface area (Å²) in [6.45, 7) is 1.65. The van der Waals surface area contributed by atoms with Crippen molar-refractivity contribution in [3.8, 4) is 5.75 Å². The minimum absolute atomic E-state index is 0.125. The van der Waals surface area contributed by atoms with E-state index in [2.05, 4.69) is 10.1 Å². The predicted octanol–water partition coefficient (Wildman–Crippen LogP) is 3.63. The molecular formula is C23H26F9N3O4. The summed E-state index contributed by atoms with van der Waals surface area (Å²) in [5, 5.41) is 11.6. The third kappa shape index (κ3) is 7.27. The molecule has 3 aliphatic heterocycles. The zero-order valence-electron chi connectivity index (χ0n) is 20.2. The SMILES string of the molecule is O=C(O)C1NC(C(C(F)(F)F)C(F)(F)F)C2CN(Cc3cc(CN4CCOCC4)cc(OC(F)(F)F)c3)CC12. The van der Waals surface area contributed by atoms with Gasteiger partial charge in [-0.1, -0.05) is 6.07 Å². The van der Waals surface area contributed by atoms with Crippen molar-refractivity contribution in [2.75, 3.05) is 39.4 Å². The van der Waals surface area contributed by atoms with Crippen molar-refractivity contribution in [2.45, 2.75) is 43.9 Å². The molecule has 39 heavy (non-hydrogen) atoms. The Morgan fingerprint density at radius 2 is 1.46 bits per heavy atom. The van der Waals surface area contributed by atoms with Crippen molar-refractivity contribution in [1.29, 1.82) is 0 Å². The van der Waals surface area contributed by atoms with E-state index in [9.17, 15) is 49.4 Å². The van der Waals surface area contributed by atoms with Gasteiger partial charge in [0.25, 0.3) is 0 Å². The van der Waals surface area contributed by atoms with Gasteiger partial charge < -0.3 is 19.9 Å². The van der Waals surface area contributed by atoms with E-state index in [0.29, 0.717) is 37.4 Å². The minimum Gasteiger partial charge on any atom is -0.480 e.